The van der Waals surface area contributed by atoms with Crippen molar-refractivity contribution in [2.24, 2.45) is 5.92 Å². The fourth-order valence-electron chi connectivity index (χ4n) is 3.21. The molecule has 0 radical (unpaired) electrons. The van der Waals surface area contributed by atoms with Crippen LogP contribution in [0.2, 0.25) is 0 Å². The number of hydrogen-bond donors (Lipinski definition) is 1. The van der Waals surface area contributed by atoms with Crippen molar-refractivity contribution in [2.45, 2.75) is 26.3 Å². The highest BCUT2D eigenvalue weighted by Gasteiger charge is 2.23. The van der Waals surface area contributed by atoms with E-state index in [1.165, 1.54) is 5.56 Å². The highest BCUT2D eigenvalue weighted by atomic mass is 16.5. The lowest BCUT2D eigenvalue weighted by atomic mass is 10.0. The lowest BCUT2D eigenvalue weighted by Crippen LogP contribution is -2.41. The monoisotopic (exact) mass is 354 g/mol. The highest BCUT2D eigenvalue weighted by molar-refractivity contribution is 5.45. The first-order chi connectivity index (χ1) is 12.7. The van der Waals surface area contributed by atoms with Gasteiger partial charge < -0.3 is 14.5 Å². The number of nitrogens with one attached hydrogen (secondary N) is 1. The van der Waals surface area contributed by atoms with Crippen molar-refractivity contribution < 1.29 is 9.15 Å². The minimum atomic E-state index is 0.185. The lowest BCUT2D eigenvalue weighted by Gasteiger charge is -2.34. The number of morpholine rings is 1. The molecule has 1 atom stereocenters. The van der Waals surface area contributed by atoms with Gasteiger partial charge >= 0.3 is 0 Å². The number of nitriles is 1. The maximum absolute atomic E-state index is 9.36. The first-order valence-electron chi connectivity index (χ1n) is 9.17. The maximum atomic E-state index is 9.36. The van der Waals surface area contributed by atoms with Gasteiger partial charge in [0.1, 0.15) is 6.07 Å². The van der Waals surface area contributed by atoms with E-state index >= 15 is 0 Å². The third-order valence-corrected chi connectivity index (χ3v) is 4.49. The van der Waals surface area contributed by atoms with Crippen LogP contribution in [0.5, 0.6) is 0 Å². The summed E-state index contributed by atoms with van der Waals surface area (Å²) < 4.78 is 11.3. The minimum absolute atomic E-state index is 0.185. The average molecular weight is 354 g/mol. The van der Waals surface area contributed by atoms with Crippen molar-refractivity contribution in [1.82, 2.24) is 9.88 Å². The van der Waals surface area contributed by atoms with Gasteiger partial charge in [-0.25, -0.2) is 4.98 Å². The molecule has 26 heavy (non-hydrogen) atoms. The predicted octanol–water partition coefficient (Wildman–Crippen LogP) is 3.23. The summed E-state index contributed by atoms with van der Waals surface area (Å²) in [6.45, 7) is 8.12. The summed E-state index contributed by atoms with van der Waals surface area (Å²) in [7, 11) is 0. The van der Waals surface area contributed by atoms with Crippen LogP contribution in [0.15, 0.2) is 34.7 Å². The van der Waals surface area contributed by atoms with E-state index in [-0.39, 0.29) is 6.04 Å². The van der Waals surface area contributed by atoms with Crippen molar-refractivity contribution >= 4 is 5.88 Å². The quantitative estimate of drug-likeness (QED) is 0.823. The second kappa shape index (κ2) is 8.84. The van der Waals surface area contributed by atoms with Gasteiger partial charge in [0.05, 0.1) is 19.3 Å². The molecule has 6 heteroatoms. The molecule has 0 amide bonds. The van der Waals surface area contributed by atoms with Crippen LogP contribution in [-0.2, 0) is 11.2 Å². The molecule has 138 valence electrons. The molecule has 3 rings (SSSR count). The molecule has 1 aromatic carbocycles. The van der Waals surface area contributed by atoms with Gasteiger partial charge in [0.15, 0.2) is 5.89 Å². The first-order valence-corrected chi connectivity index (χ1v) is 9.17. The Labute approximate surface area is 154 Å². The Hall–Kier alpha value is -2.36. The molecule has 0 spiro atoms. The second-order valence-electron chi connectivity index (χ2n) is 6.95. The molecular formula is C20H26N4O2. The van der Waals surface area contributed by atoms with E-state index in [0.717, 1.165) is 32.7 Å². The highest BCUT2D eigenvalue weighted by Crippen LogP contribution is 2.24. The number of nitrogens with zero attached hydrogens (tertiary/aromatic N) is 3. The largest absolute Gasteiger partial charge is 0.424 e. The summed E-state index contributed by atoms with van der Waals surface area (Å²) in [5.74, 6) is 1.51. The van der Waals surface area contributed by atoms with E-state index in [1.807, 2.05) is 6.07 Å². The molecule has 6 nitrogen and oxygen atoms in total. The van der Waals surface area contributed by atoms with Crippen LogP contribution < -0.4 is 5.32 Å². The van der Waals surface area contributed by atoms with Gasteiger partial charge in [0, 0.05) is 26.1 Å². The van der Waals surface area contributed by atoms with Gasteiger partial charge in [-0.15, -0.1) is 0 Å². The van der Waals surface area contributed by atoms with Gasteiger partial charge in [-0.2, -0.15) is 5.26 Å². The Morgan fingerprint density at radius 2 is 1.96 bits per heavy atom. The Morgan fingerprint density at radius 1 is 1.23 bits per heavy atom. The Balaban J connectivity index is 1.75. The standard InChI is InChI=1S/C20H26N4O2/c1-15(2)12-19-23-17(13-21)20(26-19)22-14-18(16-6-4-3-5-7-16)24-8-10-25-11-9-24/h3-7,15,18,22H,8-12,14H2,1-2H3. The average Bonchev–Trinajstić information content (AvgIpc) is 3.04. The van der Waals surface area contributed by atoms with Crippen molar-refractivity contribution in [3.05, 3.63) is 47.5 Å². The normalized spacial score (nSPS) is 16.4. The van der Waals surface area contributed by atoms with Crippen LogP contribution in [0.25, 0.3) is 0 Å². The fraction of sp³-hybridized carbons (Fsp3) is 0.500. The van der Waals surface area contributed by atoms with E-state index in [1.54, 1.807) is 0 Å². The minimum Gasteiger partial charge on any atom is -0.424 e. The van der Waals surface area contributed by atoms with Crippen LogP contribution in [0.4, 0.5) is 5.88 Å². The number of anilines is 1. The topological polar surface area (TPSA) is 74.3 Å². The summed E-state index contributed by atoms with van der Waals surface area (Å²) in [5.41, 5.74) is 1.57. The van der Waals surface area contributed by atoms with Crippen LogP contribution in [0.1, 0.15) is 37.0 Å². The van der Waals surface area contributed by atoms with E-state index in [2.05, 4.69) is 59.4 Å². The Morgan fingerprint density at radius 3 is 2.62 bits per heavy atom. The number of ether oxygens (including phenoxy) is 1. The van der Waals surface area contributed by atoms with Gasteiger partial charge in [-0.3, -0.25) is 4.90 Å². The molecule has 0 bridgehead atoms. The van der Waals surface area contributed by atoms with E-state index in [4.69, 9.17) is 9.15 Å². The molecule has 1 fully saturated rings. The fourth-order valence-corrected chi connectivity index (χ4v) is 3.21. The summed E-state index contributed by atoms with van der Waals surface area (Å²) in [6, 6.07) is 12.7. The van der Waals surface area contributed by atoms with Gasteiger partial charge in [0.25, 0.3) is 0 Å². The molecule has 2 aromatic rings. The van der Waals surface area contributed by atoms with E-state index in [0.29, 0.717) is 29.9 Å². The predicted molar refractivity (Wildman–Crippen MR) is 99.8 cm³/mol. The molecule has 1 aromatic heterocycles. The number of rotatable bonds is 7. The van der Waals surface area contributed by atoms with Gasteiger partial charge in [-0.05, 0) is 11.5 Å². The molecule has 1 unspecified atom stereocenters. The Bertz CT molecular complexity index is 730. The molecule has 0 saturated carbocycles. The van der Waals surface area contributed by atoms with E-state index in [9.17, 15) is 5.26 Å². The number of benzene rings is 1. The summed E-state index contributed by atoms with van der Waals surface area (Å²) in [6.07, 6.45) is 0.724. The number of hydrogen-bond acceptors (Lipinski definition) is 6. The zero-order valence-electron chi connectivity index (χ0n) is 15.4. The zero-order chi connectivity index (χ0) is 18.4. The van der Waals surface area contributed by atoms with Crippen LogP contribution in [0, 0.1) is 17.2 Å². The molecule has 1 aliphatic heterocycles. The lowest BCUT2D eigenvalue weighted by molar-refractivity contribution is 0.0186. The second-order valence-corrected chi connectivity index (χ2v) is 6.95. The summed E-state index contributed by atoms with van der Waals surface area (Å²) >= 11 is 0. The third-order valence-electron chi connectivity index (χ3n) is 4.49. The van der Waals surface area contributed by atoms with Crippen LogP contribution in [0.3, 0.4) is 0 Å². The number of oxazole rings is 1. The van der Waals surface area contributed by atoms with Crippen molar-refractivity contribution in [1.29, 1.82) is 5.26 Å². The van der Waals surface area contributed by atoms with Crippen molar-refractivity contribution in [3.63, 3.8) is 0 Å². The van der Waals surface area contributed by atoms with Crippen molar-refractivity contribution in [3.8, 4) is 6.07 Å². The number of aromatic nitrogens is 1. The summed E-state index contributed by atoms with van der Waals surface area (Å²) in [4.78, 5) is 6.71. The molecule has 1 aliphatic rings. The molecule has 1 N–H and O–H groups in total. The smallest absolute Gasteiger partial charge is 0.232 e. The zero-order valence-corrected chi connectivity index (χ0v) is 15.4. The van der Waals surface area contributed by atoms with Crippen molar-refractivity contribution in [2.75, 3.05) is 38.2 Å². The SMILES string of the molecule is CC(C)Cc1nc(C#N)c(NCC(c2ccccc2)N2CCOCC2)o1. The van der Waals surface area contributed by atoms with Gasteiger partial charge in [-0.1, -0.05) is 44.2 Å². The maximum Gasteiger partial charge on any atom is 0.232 e. The van der Waals surface area contributed by atoms with Crippen LogP contribution >= 0.6 is 0 Å². The molecular weight excluding hydrogens is 328 g/mol. The first kappa shape index (κ1) is 18.4. The van der Waals surface area contributed by atoms with Crippen LogP contribution in [-0.4, -0.2) is 42.7 Å². The molecule has 1 saturated heterocycles. The summed E-state index contributed by atoms with van der Waals surface area (Å²) in [5, 5.41) is 12.7. The van der Waals surface area contributed by atoms with E-state index < -0.39 is 0 Å². The van der Waals surface area contributed by atoms with Gasteiger partial charge in [0.2, 0.25) is 11.6 Å². The molecule has 2 heterocycles. The third kappa shape index (κ3) is 4.63. The Kier molecular flexibility index (Phi) is 6.26. The molecule has 0 aliphatic carbocycles.